The lowest BCUT2D eigenvalue weighted by molar-refractivity contribution is 0.0674. The predicted octanol–water partition coefficient (Wildman–Crippen LogP) is 5.09. The first-order valence-electron chi connectivity index (χ1n) is 11.7. The Morgan fingerprint density at radius 3 is 2.57 bits per heavy atom. The first kappa shape index (κ1) is 22.7. The van der Waals surface area contributed by atoms with Crippen LogP contribution in [0.25, 0.3) is 10.8 Å². The summed E-state index contributed by atoms with van der Waals surface area (Å²) in [6.07, 6.45) is 1.50. The molecule has 0 radical (unpaired) electrons. The number of nitrogens with zero attached hydrogens (tertiary/aromatic N) is 4. The SMILES string of the molecule is COc1cc(C)ccc1Oc1cc(N2CCN(C(=O)c3ccc4ccccc4c3)C(C)C2)ncn1. The summed E-state index contributed by atoms with van der Waals surface area (Å²) in [6.45, 7) is 6.03. The number of methoxy groups -OCH3 is 1. The Morgan fingerprint density at radius 1 is 0.943 bits per heavy atom. The molecule has 3 aromatic carbocycles. The molecule has 35 heavy (non-hydrogen) atoms. The predicted molar refractivity (Wildman–Crippen MR) is 136 cm³/mol. The number of hydrogen-bond donors (Lipinski definition) is 0. The van der Waals surface area contributed by atoms with Crippen molar-refractivity contribution < 1.29 is 14.3 Å². The van der Waals surface area contributed by atoms with Crippen LogP contribution in [-0.4, -0.2) is 53.6 Å². The zero-order chi connectivity index (χ0) is 24.4. The molecule has 1 aliphatic rings. The van der Waals surface area contributed by atoms with Crippen LogP contribution in [-0.2, 0) is 0 Å². The number of benzene rings is 3. The van der Waals surface area contributed by atoms with Gasteiger partial charge in [-0.3, -0.25) is 4.79 Å². The molecule has 1 fully saturated rings. The van der Waals surface area contributed by atoms with Crippen LogP contribution < -0.4 is 14.4 Å². The molecule has 1 saturated heterocycles. The summed E-state index contributed by atoms with van der Waals surface area (Å²) >= 11 is 0. The summed E-state index contributed by atoms with van der Waals surface area (Å²) in [5.74, 6) is 2.52. The van der Waals surface area contributed by atoms with Crippen LogP contribution in [0.3, 0.4) is 0 Å². The second-order valence-corrected chi connectivity index (χ2v) is 8.83. The molecule has 0 bridgehead atoms. The Balaban J connectivity index is 1.29. The van der Waals surface area contributed by atoms with Crippen molar-refractivity contribution in [2.45, 2.75) is 19.9 Å². The molecule has 178 valence electrons. The zero-order valence-corrected chi connectivity index (χ0v) is 20.1. The highest BCUT2D eigenvalue weighted by Gasteiger charge is 2.29. The van der Waals surface area contributed by atoms with Crippen molar-refractivity contribution in [3.05, 3.63) is 84.2 Å². The van der Waals surface area contributed by atoms with Crippen LogP contribution in [0, 0.1) is 6.92 Å². The summed E-state index contributed by atoms with van der Waals surface area (Å²) in [4.78, 5) is 26.1. The second-order valence-electron chi connectivity index (χ2n) is 8.83. The van der Waals surface area contributed by atoms with Gasteiger partial charge >= 0.3 is 0 Å². The van der Waals surface area contributed by atoms with Gasteiger partial charge in [0.15, 0.2) is 11.5 Å². The number of aromatic nitrogens is 2. The molecule has 7 heteroatoms. The number of carbonyl (C=O) groups is 1. The van der Waals surface area contributed by atoms with Crippen molar-refractivity contribution in [2.24, 2.45) is 0 Å². The minimum Gasteiger partial charge on any atom is -0.493 e. The van der Waals surface area contributed by atoms with Crippen molar-refractivity contribution in [3.63, 3.8) is 0 Å². The van der Waals surface area contributed by atoms with Crippen LogP contribution in [0.15, 0.2) is 73.1 Å². The van der Waals surface area contributed by atoms with Gasteiger partial charge in [-0.1, -0.05) is 36.4 Å². The third-order valence-electron chi connectivity index (χ3n) is 6.37. The smallest absolute Gasteiger partial charge is 0.254 e. The van der Waals surface area contributed by atoms with Gasteiger partial charge in [-0.2, -0.15) is 0 Å². The average Bonchev–Trinajstić information content (AvgIpc) is 2.89. The van der Waals surface area contributed by atoms with E-state index in [1.807, 2.05) is 72.5 Å². The Bertz CT molecular complexity index is 1370. The number of rotatable bonds is 5. The molecular formula is C28H28N4O3. The third-order valence-corrected chi connectivity index (χ3v) is 6.37. The first-order chi connectivity index (χ1) is 17.0. The molecule has 1 atom stereocenters. The number of piperazine rings is 1. The zero-order valence-electron chi connectivity index (χ0n) is 20.1. The van der Waals surface area contributed by atoms with Crippen molar-refractivity contribution in [1.82, 2.24) is 14.9 Å². The van der Waals surface area contributed by atoms with Gasteiger partial charge in [-0.15, -0.1) is 0 Å². The van der Waals surface area contributed by atoms with Gasteiger partial charge in [0.2, 0.25) is 5.88 Å². The lowest BCUT2D eigenvalue weighted by Crippen LogP contribution is -2.54. The average molecular weight is 469 g/mol. The fourth-order valence-corrected chi connectivity index (χ4v) is 4.49. The molecule has 0 spiro atoms. The third kappa shape index (κ3) is 4.75. The quantitative estimate of drug-likeness (QED) is 0.406. The Morgan fingerprint density at radius 2 is 1.77 bits per heavy atom. The number of anilines is 1. The molecule has 0 N–H and O–H groups in total. The van der Waals surface area contributed by atoms with Crippen LogP contribution in [0.1, 0.15) is 22.8 Å². The van der Waals surface area contributed by atoms with Crippen molar-refractivity contribution >= 4 is 22.5 Å². The van der Waals surface area contributed by atoms with E-state index in [4.69, 9.17) is 9.47 Å². The Kier molecular flexibility index (Phi) is 6.23. The number of ether oxygens (including phenoxy) is 2. The highest BCUT2D eigenvalue weighted by Crippen LogP contribution is 2.32. The minimum atomic E-state index is 0.0271. The molecule has 2 heterocycles. The van der Waals surface area contributed by atoms with Crippen molar-refractivity contribution in [2.75, 3.05) is 31.6 Å². The second kappa shape index (κ2) is 9.62. The maximum absolute atomic E-state index is 13.3. The number of amides is 1. The van der Waals surface area contributed by atoms with Gasteiger partial charge < -0.3 is 19.3 Å². The van der Waals surface area contributed by atoms with Gasteiger partial charge in [0.05, 0.1) is 7.11 Å². The summed E-state index contributed by atoms with van der Waals surface area (Å²) in [7, 11) is 1.62. The summed E-state index contributed by atoms with van der Waals surface area (Å²) in [5.41, 5.74) is 1.80. The minimum absolute atomic E-state index is 0.0271. The fourth-order valence-electron chi connectivity index (χ4n) is 4.49. The monoisotopic (exact) mass is 468 g/mol. The van der Waals surface area contributed by atoms with Crippen molar-refractivity contribution in [3.8, 4) is 17.4 Å². The molecule has 1 amide bonds. The van der Waals surface area contributed by atoms with E-state index in [0.717, 1.165) is 22.2 Å². The fraction of sp³-hybridized carbons (Fsp3) is 0.250. The van der Waals surface area contributed by atoms with E-state index in [9.17, 15) is 4.79 Å². The topological polar surface area (TPSA) is 67.8 Å². The molecular weight excluding hydrogens is 440 g/mol. The number of aryl methyl sites for hydroxylation is 1. The summed E-state index contributed by atoms with van der Waals surface area (Å²) in [6, 6.07) is 21.6. The van der Waals surface area contributed by atoms with Crippen LogP contribution in [0.5, 0.6) is 17.4 Å². The molecule has 0 aliphatic carbocycles. The molecule has 7 nitrogen and oxygen atoms in total. The van der Waals surface area contributed by atoms with Gasteiger partial charge in [0.25, 0.3) is 5.91 Å². The van der Waals surface area contributed by atoms with E-state index in [1.54, 1.807) is 7.11 Å². The van der Waals surface area contributed by atoms with E-state index in [-0.39, 0.29) is 11.9 Å². The molecule has 0 saturated carbocycles. The van der Waals surface area contributed by atoms with Crippen LogP contribution in [0.4, 0.5) is 5.82 Å². The number of fused-ring (bicyclic) bond motifs is 1. The molecule has 1 unspecified atom stereocenters. The van der Waals surface area contributed by atoms with E-state index < -0.39 is 0 Å². The largest absolute Gasteiger partial charge is 0.493 e. The summed E-state index contributed by atoms with van der Waals surface area (Å²) in [5, 5.41) is 2.20. The normalized spacial score (nSPS) is 15.8. The van der Waals surface area contributed by atoms with E-state index >= 15 is 0 Å². The molecule has 5 rings (SSSR count). The van der Waals surface area contributed by atoms with E-state index in [0.29, 0.717) is 42.6 Å². The molecule has 1 aromatic heterocycles. The molecule has 4 aromatic rings. The van der Waals surface area contributed by atoms with E-state index in [2.05, 4.69) is 27.9 Å². The highest BCUT2D eigenvalue weighted by molar-refractivity contribution is 5.98. The van der Waals surface area contributed by atoms with Crippen LogP contribution >= 0.6 is 0 Å². The number of hydrogen-bond acceptors (Lipinski definition) is 6. The Labute approximate surface area is 204 Å². The van der Waals surface area contributed by atoms with Gasteiger partial charge in [-0.05, 0) is 54.4 Å². The maximum atomic E-state index is 13.3. The maximum Gasteiger partial charge on any atom is 0.254 e. The Hall–Kier alpha value is -4.13. The van der Waals surface area contributed by atoms with Crippen molar-refractivity contribution in [1.29, 1.82) is 0 Å². The van der Waals surface area contributed by atoms with Gasteiger partial charge in [0, 0.05) is 37.3 Å². The van der Waals surface area contributed by atoms with E-state index in [1.165, 1.54) is 6.33 Å². The number of carbonyl (C=O) groups excluding carboxylic acids is 1. The first-order valence-corrected chi connectivity index (χ1v) is 11.7. The standard InChI is InChI=1S/C28H28N4O3/c1-19-8-11-24(25(14-19)34-3)35-27-16-26(29-18-30-27)31-12-13-32(20(2)17-31)28(33)23-10-9-21-6-4-5-7-22(21)15-23/h4-11,14-16,18,20H,12-13,17H2,1-3H3. The van der Waals surface area contributed by atoms with Gasteiger partial charge in [0.1, 0.15) is 12.1 Å². The lowest BCUT2D eigenvalue weighted by Gasteiger charge is -2.40. The van der Waals surface area contributed by atoms with Crippen LogP contribution in [0.2, 0.25) is 0 Å². The lowest BCUT2D eigenvalue weighted by atomic mass is 10.0. The highest BCUT2D eigenvalue weighted by atomic mass is 16.5. The summed E-state index contributed by atoms with van der Waals surface area (Å²) < 4.78 is 11.4. The molecule has 1 aliphatic heterocycles. The van der Waals surface area contributed by atoms with Gasteiger partial charge in [-0.25, -0.2) is 9.97 Å².